The van der Waals surface area contributed by atoms with Crippen LogP contribution in [0, 0.1) is 0 Å². The van der Waals surface area contributed by atoms with E-state index in [0.717, 1.165) is 0 Å². The molecule has 0 aliphatic rings. The molecule has 2 rings (SSSR count). The van der Waals surface area contributed by atoms with Crippen LogP contribution >= 0.6 is 11.6 Å². The van der Waals surface area contributed by atoms with Gasteiger partial charge in [0.15, 0.2) is 6.33 Å². The first kappa shape index (κ1) is 12.4. The maximum absolute atomic E-state index is 11.7. The third-order valence-electron chi connectivity index (χ3n) is 2.24. The molecule has 1 aromatic carbocycles. The summed E-state index contributed by atoms with van der Waals surface area (Å²) in [6.45, 7) is 0.336. The van der Waals surface area contributed by atoms with Gasteiger partial charge in [-0.1, -0.05) is 16.8 Å². The number of amides is 1. The van der Waals surface area contributed by atoms with Crippen LogP contribution in [-0.2, 0) is 6.42 Å². The van der Waals surface area contributed by atoms with Crippen molar-refractivity contribution in [2.75, 3.05) is 6.54 Å². The molecule has 7 heteroatoms. The number of carbonyl (C=O) groups excluding carboxylic acids is 1. The number of nitrogens with zero attached hydrogens (tertiary/aromatic N) is 2. The lowest BCUT2D eigenvalue weighted by molar-refractivity contribution is 0.0951. The van der Waals surface area contributed by atoms with E-state index in [2.05, 4.69) is 15.5 Å². The predicted octanol–water partition coefficient (Wildman–Crippen LogP) is 1.40. The van der Waals surface area contributed by atoms with Gasteiger partial charge in [0.05, 0.1) is 5.56 Å². The van der Waals surface area contributed by atoms with Crippen molar-refractivity contribution in [2.24, 2.45) is 0 Å². The molecule has 0 atom stereocenters. The van der Waals surface area contributed by atoms with Gasteiger partial charge < -0.3 is 14.9 Å². The molecule has 0 radical (unpaired) electrons. The van der Waals surface area contributed by atoms with Gasteiger partial charge in [0, 0.05) is 18.0 Å². The van der Waals surface area contributed by atoms with E-state index in [4.69, 9.17) is 16.1 Å². The van der Waals surface area contributed by atoms with Crippen LogP contribution in [0.1, 0.15) is 16.2 Å². The standard InChI is InChI=1S/C11H10ClN3O3/c12-7-1-2-8(9(16)5-7)11(17)13-4-3-10-14-6-15-18-10/h1-2,5-6,16H,3-4H2,(H,13,17). The Labute approximate surface area is 108 Å². The fourth-order valence-corrected chi connectivity index (χ4v) is 1.55. The second-order valence-electron chi connectivity index (χ2n) is 3.50. The van der Waals surface area contributed by atoms with Gasteiger partial charge in [0.1, 0.15) is 5.75 Å². The summed E-state index contributed by atoms with van der Waals surface area (Å²) in [7, 11) is 0. The Morgan fingerprint density at radius 3 is 3.00 bits per heavy atom. The quantitative estimate of drug-likeness (QED) is 0.874. The molecule has 0 aliphatic carbocycles. The summed E-state index contributed by atoms with van der Waals surface area (Å²) >= 11 is 5.67. The largest absolute Gasteiger partial charge is 0.507 e. The van der Waals surface area contributed by atoms with E-state index in [-0.39, 0.29) is 17.2 Å². The van der Waals surface area contributed by atoms with Crippen LogP contribution in [0.25, 0.3) is 0 Å². The van der Waals surface area contributed by atoms with Gasteiger partial charge in [-0.05, 0) is 18.2 Å². The van der Waals surface area contributed by atoms with E-state index in [1.807, 2.05) is 0 Å². The SMILES string of the molecule is O=C(NCCc1ncno1)c1ccc(Cl)cc1O. The molecule has 2 aromatic rings. The molecule has 0 saturated carbocycles. The van der Waals surface area contributed by atoms with Crippen molar-refractivity contribution in [3.63, 3.8) is 0 Å². The van der Waals surface area contributed by atoms with Crippen LogP contribution < -0.4 is 5.32 Å². The number of nitrogens with one attached hydrogen (secondary N) is 1. The number of rotatable bonds is 4. The number of aromatic nitrogens is 2. The minimum absolute atomic E-state index is 0.155. The lowest BCUT2D eigenvalue weighted by atomic mass is 10.2. The lowest BCUT2D eigenvalue weighted by Crippen LogP contribution is -2.25. The maximum atomic E-state index is 11.7. The van der Waals surface area contributed by atoms with Gasteiger partial charge in [-0.25, -0.2) is 0 Å². The molecular formula is C11H10ClN3O3. The molecule has 1 amide bonds. The molecule has 0 bridgehead atoms. The normalized spacial score (nSPS) is 10.3. The second-order valence-corrected chi connectivity index (χ2v) is 3.94. The molecular weight excluding hydrogens is 258 g/mol. The van der Waals surface area contributed by atoms with Crippen molar-refractivity contribution in [3.8, 4) is 5.75 Å². The van der Waals surface area contributed by atoms with Gasteiger partial charge in [-0.2, -0.15) is 4.98 Å². The minimum atomic E-state index is -0.385. The zero-order valence-corrected chi connectivity index (χ0v) is 10.0. The summed E-state index contributed by atoms with van der Waals surface area (Å²) in [6, 6.07) is 4.31. The number of phenols is 1. The Hall–Kier alpha value is -2.08. The zero-order chi connectivity index (χ0) is 13.0. The van der Waals surface area contributed by atoms with E-state index < -0.39 is 0 Å². The average Bonchev–Trinajstić information content (AvgIpc) is 2.81. The number of benzene rings is 1. The van der Waals surface area contributed by atoms with E-state index in [1.165, 1.54) is 24.5 Å². The molecule has 94 valence electrons. The highest BCUT2D eigenvalue weighted by molar-refractivity contribution is 6.30. The van der Waals surface area contributed by atoms with E-state index in [0.29, 0.717) is 23.9 Å². The van der Waals surface area contributed by atoms with E-state index >= 15 is 0 Å². The fourth-order valence-electron chi connectivity index (χ4n) is 1.38. The third-order valence-corrected chi connectivity index (χ3v) is 2.47. The molecule has 1 aromatic heterocycles. The van der Waals surface area contributed by atoms with Crippen molar-refractivity contribution >= 4 is 17.5 Å². The fraction of sp³-hybridized carbons (Fsp3) is 0.182. The van der Waals surface area contributed by atoms with Crippen molar-refractivity contribution < 1.29 is 14.4 Å². The second kappa shape index (κ2) is 5.50. The molecule has 0 spiro atoms. The third kappa shape index (κ3) is 2.98. The average molecular weight is 268 g/mol. The predicted molar refractivity (Wildman–Crippen MR) is 63.5 cm³/mol. The highest BCUT2D eigenvalue weighted by atomic mass is 35.5. The van der Waals surface area contributed by atoms with Crippen LogP contribution in [0.4, 0.5) is 0 Å². The summed E-state index contributed by atoms with van der Waals surface area (Å²) < 4.78 is 4.78. The van der Waals surface area contributed by atoms with E-state index in [1.54, 1.807) is 0 Å². The molecule has 0 aliphatic heterocycles. The van der Waals surface area contributed by atoms with Crippen LogP contribution in [-0.4, -0.2) is 27.7 Å². The Morgan fingerprint density at radius 2 is 2.33 bits per heavy atom. The molecule has 0 unspecified atom stereocenters. The Kier molecular flexibility index (Phi) is 3.78. The Balaban J connectivity index is 1.91. The minimum Gasteiger partial charge on any atom is -0.507 e. The molecule has 0 fully saturated rings. The number of hydrogen-bond donors (Lipinski definition) is 2. The van der Waals surface area contributed by atoms with Gasteiger partial charge in [0.2, 0.25) is 5.89 Å². The first-order chi connectivity index (χ1) is 8.66. The van der Waals surface area contributed by atoms with Crippen molar-refractivity contribution in [1.29, 1.82) is 0 Å². The summed E-state index contributed by atoms with van der Waals surface area (Å²) in [6.07, 6.45) is 1.72. The van der Waals surface area contributed by atoms with Gasteiger partial charge >= 0.3 is 0 Å². The molecule has 0 saturated heterocycles. The summed E-state index contributed by atoms with van der Waals surface area (Å²) in [5, 5.41) is 16.0. The maximum Gasteiger partial charge on any atom is 0.255 e. The monoisotopic (exact) mass is 267 g/mol. The number of carbonyl (C=O) groups is 1. The van der Waals surface area contributed by atoms with Gasteiger partial charge in [-0.3, -0.25) is 4.79 Å². The van der Waals surface area contributed by atoms with Gasteiger partial charge in [0.25, 0.3) is 5.91 Å². The van der Waals surface area contributed by atoms with Gasteiger partial charge in [-0.15, -0.1) is 0 Å². The molecule has 1 heterocycles. The highest BCUT2D eigenvalue weighted by Gasteiger charge is 2.11. The van der Waals surface area contributed by atoms with Crippen molar-refractivity contribution in [3.05, 3.63) is 41.0 Å². The summed E-state index contributed by atoms with van der Waals surface area (Å²) in [4.78, 5) is 15.5. The van der Waals surface area contributed by atoms with Crippen LogP contribution in [0.5, 0.6) is 5.75 Å². The zero-order valence-electron chi connectivity index (χ0n) is 9.26. The molecule has 6 nitrogen and oxygen atoms in total. The first-order valence-corrected chi connectivity index (χ1v) is 5.57. The van der Waals surface area contributed by atoms with Crippen molar-refractivity contribution in [1.82, 2.24) is 15.5 Å². The van der Waals surface area contributed by atoms with Crippen molar-refractivity contribution in [2.45, 2.75) is 6.42 Å². The summed E-state index contributed by atoms with van der Waals surface area (Å²) in [5.41, 5.74) is 0.171. The smallest absolute Gasteiger partial charge is 0.255 e. The van der Waals surface area contributed by atoms with Crippen LogP contribution in [0.3, 0.4) is 0 Å². The summed E-state index contributed by atoms with van der Waals surface area (Å²) in [5.74, 6) is -0.0999. The lowest BCUT2D eigenvalue weighted by Gasteiger charge is -2.05. The van der Waals surface area contributed by atoms with E-state index in [9.17, 15) is 9.90 Å². The highest BCUT2D eigenvalue weighted by Crippen LogP contribution is 2.21. The number of hydrogen-bond acceptors (Lipinski definition) is 5. The van der Waals surface area contributed by atoms with Crippen LogP contribution in [0.15, 0.2) is 29.0 Å². The number of halogens is 1. The van der Waals surface area contributed by atoms with Crippen LogP contribution in [0.2, 0.25) is 5.02 Å². The topological polar surface area (TPSA) is 88.3 Å². The first-order valence-electron chi connectivity index (χ1n) is 5.19. The Morgan fingerprint density at radius 1 is 1.50 bits per heavy atom. The number of phenolic OH excluding ortho intramolecular Hbond substituents is 1. The molecule has 18 heavy (non-hydrogen) atoms. The number of aromatic hydroxyl groups is 1. The molecule has 2 N–H and O–H groups in total. The Bertz CT molecular complexity index is 542.